The number of carbonyl (C=O) groups is 3. The first kappa shape index (κ1) is 19.5. The Balaban J connectivity index is 1.65. The van der Waals surface area contributed by atoms with Crippen LogP contribution in [-0.2, 0) is 20.7 Å². The average molecular weight is 378 g/mol. The Morgan fingerprint density at radius 1 is 0.929 bits per heavy atom. The second kappa shape index (κ2) is 7.80. The lowest BCUT2D eigenvalue weighted by Crippen LogP contribution is -2.27. The van der Waals surface area contributed by atoms with Crippen molar-refractivity contribution in [2.24, 2.45) is 0 Å². The maximum absolute atomic E-state index is 12.4. The summed E-state index contributed by atoms with van der Waals surface area (Å²) in [4.78, 5) is 36.3. The third-order valence-electron chi connectivity index (χ3n) is 4.13. The van der Waals surface area contributed by atoms with Gasteiger partial charge in [0.2, 0.25) is 11.6 Å². The molecule has 2 aromatic carbocycles. The summed E-state index contributed by atoms with van der Waals surface area (Å²) in [5.41, 5.74) is 1.99. The quantitative estimate of drug-likeness (QED) is 0.585. The van der Waals surface area contributed by atoms with Crippen LogP contribution in [0.25, 0.3) is 6.08 Å². The van der Waals surface area contributed by atoms with Gasteiger partial charge in [-0.05, 0) is 50.1 Å². The van der Waals surface area contributed by atoms with Gasteiger partial charge in [-0.1, -0.05) is 36.4 Å². The van der Waals surface area contributed by atoms with Crippen LogP contribution < -0.4 is 4.74 Å². The summed E-state index contributed by atoms with van der Waals surface area (Å²) < 4.78 is 10.6. The molecule has 0 unspecified atom stereocenters. The fourth-order valence-corrected chi connectivity index (χ4v) is 2.92. The van der Waals surface area contributed by atoms with E-state index in [1.54, 1.807) is 51.1 Å². The molecule has 0 aliphatic heterocycles. The molecule has 5 nitrogen and oxygen atoms in total. The molecular formula is C23H22O5. The summed E-state index contributed by atoms with van der Waals surface area (Å²) in [6, 6.07) is 14.2. The SMILES string of the molecule is CC(C)(C)OC(=O)COc1ccc(CC2=Cc3ccccc3C(=O)C2=O)cc1. The van der Waals surface area contributed by atoms with E-state index in [4.69, 9.17) is 9.47 Å². The van der Waals surface area contributed by atoms with E-state index in [-0.39, 0.29) is 6.61 Å². The Kier molecular flexibility index (Phi) is 5.45. The molecule has 0 fully saturated rings. The van der Waals surface area contributed by atoms with Crippen LogP contribution in [0.2, 0.25) is 0 Å². The molecule has 28 heavy (non-hydrogen) atoms. The largest absolute Gasteiger partial charge is 0.482 e. The van der Waals surface area contributed by atoms with Crippen molar-refractivity contribution in [2.75, 3.05) is 6.61 Å². The lowest BCUT2D eigenvalue weighted by Gasteiger charge is -2.19. The Bertz CT molecular complexity index is 946. The number of hydrogen-bond donors (Lipinski definition) is 0. The van der Waals surface area contributed by atoms with Gasteiger partial charge in [-0.2, -0.15) is 0 Å². The van der Waals surface area contributed by atoms with Crippen LogP contribution >= 0.6 is 0 Å². The van der Waals surface area contributed by atoms with Gasteiger partial charge in [-0.15, -0.1) is 0 Å². The zero-order valence-corrected chi connectivity index (χ0v) is 16.2. The van der Waals surface area contributed by atoms with Crippen LogP contribution in [0.15, 0.2) is 54.1 Å². The van der Waals surface area contributed by atoms with Gasteiger partial charge in [0, 0.05) is 17.6 Å². The lowest BCUT2D eigenvalue weighted by molar-refractivity contribution is -0.157. The number of hydrogen-bond acceptors (Lipinski definition) is 5. The number of carbonyl (C=O) groups excluding carboxylic acids is 3. The predicted molar refractivity (Wildman–Crippen MR) is 105 cm³/mol. The maximum atomic E-state index is 12.4. The highest BCUT2D eigenvalue weighted by molar-refractivity contribution is 6.51. The van der Waals surface area contributed by atoms with Crippen molar-refractivity contribution in [1.82, 2.24) is 0 Å². The number of rotatable bonds is 5. The number of esters is 1. The first-order chi connectivity index (χ1) is 13.2. The average Bonchev–Trinajstić information content (AvgIpc) is 2.64. The van der Waals surface area contributed by atoms with E-state index in [0.717, 1.165) is 11.1 Å². The van der Waals surface area contributed by atoms with Crippen LogP contribution in [0.5, 0.6) is 5.75 Å². The minimum Gasteiger partial charge on any atom is -0.482 e. The summed E-state index contributed by atoms with van der Waals surface area (Å²) >= 11 is 0. The predicted octanol–water partition coefficient (Wildman–Crippen LogP) is 3.80. The second-order valence-corrected chi connectivity index (χ2v) is 7.61. The zero-order chi connectivity index (χ0) is 20.3. The van der Waals surface area contributed by atoms with E-state index < -0.39 is 23.1 Å². The molecule has 1 aliphatic carbocycles. The first-order valence-electron chi connectivity index (χ1n) is 9.05. The molecule has 2 aromatic rings. The van der Waals surface area contributed by atoms with E-state index in [1.165, 1.54) is 0 Å². The summed E-state index contributed by atoms with van der Waals surface area (Å²) in [7, 11) is 0. The molecule has 144 valence electrons. The second-order valence-electron chi connectivity index (χ2n) is 7.61. The molecule has 0 atom stereocenters. The van der Waals surface area contributed by atoms with Crippen LogP contribution in [-0.4, -0.2) is 29.7 Å². The van der Waals surface area contributed by atoms with Gasteiger partial charge >= 0.3 is 5.97 Å². The highest BCUT2D eigenvalue weighted by Gasteiger charge is 2.27. The Hall–Kier alpha value is -3.21. The van der Waals surface area contributed by atoms with Crippen LogP contribution in [0.1, 0.15) is 42.3 Å². The molecule has 0 spiro atoms. The molecule has 0 aromatic heterocycles. The molecule has 0 bridgehead atoms. The molecule has 0 radical (unpaired) electrons. The lowest BCUT2D eigenvalue weighted by atomic mass is 9.87. The van der Waals surface area contributed by atoms with E-state index in [1.807, 2.05) is 24.3 Å². The molecule has 0 saturated heterocycles. The van der Waals surface area contributed by atoms with Crippen molar-refractivity contribution < 1.29 is 23.9 Å². The van der Waals surface area contributed by atoms with E-state index in [2.05, 4.69) is 0 Å². The van der Waals surface area contributed by atoms with Crippen molar-refractivity contribution in [3.8, 4) is 5.75 Å². The standard InChI is InChI=1S/C23H22O5/c1-23(2,3)28-20(24)14-27-18-10-8-15(9-11-18)12-17-13-16-6-4-5-7-19(16)22(26)21(17)25/h4-11,13H,12,14H2,1-3H3. The molecule has 0 amide bonds. The smallest absolute Gasteiger partial charge is 0.344 e. The number of ether oxygens (including phenoxy) is 2. The molecular weight excluding hydrogens is 356 g/mol. The molecule has 3 rings (SSSR count). The monoisotopic (exact) mass is 378 g/mol. The van der Waals surface area contributed by atoms with E-state index in [9.17, 15) is 14.4 Å². The van der Waals surface area contributed by atoms with Crippen LogP contribution in [0.3, 0.4) is 0 Å². The number of allylic oxidation sites excluding steroid dienone is 1. The molecule has 0 saturated carbocycles. The molecule has 1 aliphatic rings. The van der Waals surface area contributed by atoms with E-state index >= 15 is 0 Å². The summed E-state index contributed by atoms with van der Waals surface area (Å²) in [6.45, 7) is 5.21. The molecule has 0 N–H and O–H groups in total. The molecule has 5 heteroatoms. The maximum Gasteiger partial charge on any atom is 0.344 e. The topological polar surface area (TPSA) is 69.7 Å². The summed E-state index contributed by atoms with van der Waals surface area (Å²) in [5.74, 6) is -0.846. The van der Waals surface area contributed by atoms with Crippen molar-refractivity contribution >= 4 is 23.6 Å². The van der Waals surface area contributed by atoms with Crippen LogP contribution in [0, 0.1) is 0 Å². The van der Waals surface area contributed by atoms with Crippen molar-refractivity contribution in [3.63, 3.8) is 0 Å². The summed E-state index contributed by atoms with van der Waals surface area (Å²) in [5, 5.41) is 0. The van der Waals surface area contributed by atoms with Crippen molar-refractivity contribution in [2.45, 2.75) is 32.8 Å². The third kappa shape index (κ3) is 4.74. The van der Waals surface area contributed by atoms with Gasteiger partial charge in [-0.25, -0.2) is 4.79 Å². The van der Waals surface area contributed by atoms with E-state index in [0.29, 0.717) is 23.3 Å². The Labute approximate surface area is 164 Å². The fraction of sp³-hybridized carbons (Fsp3) is 0.261. The van der Waals surface area contributed by atoms with Gasteiger partial charge in [0.15, 0.2) is 6.61 Å². The van der Waals surface area contributed by atoms with Crippen LogP contribution in [0.4, 0.5) is 0 Å². The number of fused-ring (bicyclic) bond motifs is 1. The minimum absolute atomic E-state index is 0.175. The minimum atomic E-state index is -0.555. The van der Waals surface area contributed by atoms with Crippen molar-refractivity contribution in [3.05, 3.63) is 70.8 Å². The number of ketones is 2. The van der Waals surface area contributed by atoms with Gasteiger partial charge in [0.25, 0.3) is 0 Å². The highest BCUT2D eigenvalue weighted by Crippen LogP contribution is 2.24. The highest BCUT2D eigenvalue weighted by atomic mass is 16.6. The zero-order valence-electron chi connectivity index (χ0n) is 16.2. The third-order valence-corrected chi connectivity index (χ3v) is 4.13. The van der Waals surface area contributed by atoms with Gasteiger partial charge in [0.1, 0.15) is 11.4 Å². The number of Topliss-reactive ketones (excluding diaryl/α,β-unsaturated/α-hetero) is 2. The number of benzene rings is 2. The van der Waals surface area contributed by atoms with Gasteiger partial charge in [0.05, 0.1) is 0 Å². The molecule has 0 heterocycles. The normalized spacial score (nSPS) is 13.6. The van der Waals surface area contributed by atoms with Gasteiger partial charge in [-0.3, -0.25) is 9.59 Å². The van der Waals surface area contributed by atoms with Crippen molar-refractivity contribution in [1.29, 1.82) is 0 Å². The Morgan fingerprint density at radius 3 is 2.29 bits per heavy atom. The summed E-state index contributed by atoms with van der Waals surface area (Å²) in [6.07, 6.45) is 2.12. The van der Waals surface area contributed by atoms with Gasteiger partial charge < -0.3 is 9.47 Å². The Morgan fingerprint density at radius 2 is 1.61 bits per heavy atom. The first-order valence-corrected chi connectivity index (χ1v) is 9.05. The fourth-order valence-electron chi connectivity index (χ4n) is 2.92.